The van der Waals surface area contributed by atoms with Gasteiger partial charge < -0.3 is 26.0 Å². The summed E-state index contributed by atoms with van der Waals surface area (Å²) >= 11 is 0. The molecule has 2 heterocycles. The molecular weight excluding hydrogens is 416 g/mol. The molecule has 1 aromatic heterocycles. The quantitative estimate of drug-likeness (QED) is 0.493. The van der Waals surface area contributed by atoms with Crippen molar-refractivity contribution in [3.8, 4) is 11.3 Å². The van der Waals surface area contributed by atoms with Crippen molar-refractivity contribution < 1.29 is 9.53 Å². The Morgan fingerprint density at radius 2 is 1.85 bits per heavy atom. The van der Waals surface area contributed by atoms with Crippen molar-refractivity contribution in [2.24, 2.45) is 5.92 Å². The van der Waals surface area contributed by atoms with Gasteiger partial charge in [0.1, 0.15) is 0 Å². The highest BCUT2D eigenvalue weighted by molar-refractivity contribution is 5.96. The Morgan fingerprint density at radius 3 is 2.55 bits per heavy atom. The number of morpholine rings is 1. The van der Waals surface area contributed by atoms with Crippen LogP contribution in [-0.4, -0.2) is 42.2 Å². The number of rotatable bonds is 6. The van der Waals surface area contributed by atoms with Crippen LogP contribution in [0.15, 0.2) is 54.7 Å². The van der Waals surface area contributed by atoms with E-state index >= 15 is 0 Å². The minimum atomic E-state index is 0.0499. The Bertz CT molecular complexity index is 1120. The van der Waals surface area contributed by atoms with Gasteiger partial charge in [0.05, 0.1) is 30.3 Å². The molecule has 33 heavy (non-hydrogen) atoms. The monoisotopic (exact) mass is 444 g/mol. The molecule has 3 aromatic rings. The van der Waals surface area contributed by atoms with Crippen LogP contribution in [0.2, 0.25) is 0 Å². The largest absolute Gasteiger partial charge is 0.397 e. The van der Waals surface area contributed by atoms with Gasteiger partial charge in [-0.2, -0.15) is 0 Å². The number of carbonyl (C=O) groups is 1. The first-order valence-corrected chi connectivity index (χ1v) is 11.4. The number of carbonyl (C=O) groups excluding carboxylic acids is 1. The van der Waals surface area contributed by atoms with Gasteiger partial charge in [-0.25, -0.2) is 9.97 Å². The number of nitrogen functional groups attached to an aromatic ring is 1. The molecule has 0 radical (unpaired) electrons. The molecule has 0 bridgehead atoms. The fourth-order valence-electron chi connectivity index (χ4n) is 4.03. The second-order valence-corrected chi connectivity index (χ2v) is 8.46. The van der Waals surface area contributed by atoms with E-state index in [1.165, 1.54) is 5.69 Å². The van der Waals surface area contributed by atoms with Gasteiger partial charge in [-0.15, -0.1) is 0 Å². The molecule has 5 rings (SSSR count). The summed E-state index contributed by atoms with van der Waals surface area (Å²) < 4.78 is 5.42. The molecule has 1 amide bonds. The van der Waals surface area contributed by atoms with Gasteiger partial charge in [0.15, 0.2) is 0 Å². The van der Waals surface area contributed by atoms with Crippen LogP contribution in [0.25, 0.3) is 11.3 Å². The van der Waals surface area contributed by atoms with Crippen LogP contribution >= 0.6 is 0 Å². The predicted octanol–water partition coefficient (Wildman–Crippen LogP) is 4.04. The van der Waals surface area contributed by atoms with Crippen LogP contribution in [0, 0.1) is 5.92 Å². The third kappa shape index (κ3) is 4.90. The molecule has 170 valence electrons. The molecule has 0 atom stereocenters. The molecule has 1 aliphatic heterocycles. The standard InChI is InChI=1S/C25H28N6O2/c26-21-16-18(4-9-23(21)29-24(32)17-2-1-3-17)22-10-11-27-25(30-22)28-19-5-7-20(8-6-19)31-12-14-33-15-13-31/h4-11,16-17H,1-3,12-15,26H2,(H,29,32)(H,27,28,30). The molecule has 8 heteroatoms. The lowest BCUT2D eigenvalue weighted by molar-refractivity contribution is -0.122. The van der Waals surface area contributed by atoms with Crippen LogP contribution in [0.5, 0.6) is 0 Å². The maximum absolute atomic E-state index is 12.2. The third-order valence-electron chi connectivity index (χ3n) is 6.24. The molecule has 1 aliphatic carbocycles. The van der Waals surface area contributed by atoms with E-state index < -0.39 is 0 Å². The minimum absolute atomic E-state index is 0.0499. The number of nitrogens with zero attached hydrogens (tertiary/aromatic N) is 3. The smallest absolute Gasteiger partial charge is 0.227 e. The average Bonchev–Trinajstić information content (AvgIpc) is 2.80. The zero-order valence-electron chi connectivity index (χ0n) is 18.5. The van der Waals surface area contributed by atoms with Crippen molar-refractivity contribution in [3.63, 3.8) is 0 Å². The van der Waals surface area contributed by atoms with Crippen molar-refractivity contribution >= 4 is 34.6 Å². The maximum atomic E-state index is 12.2. The SMILES string of the molecule is Nc1cc(-c2ccnc(Nc3ccc(N4CCOCC4)cc3)n2)ccc1NC(=O)C1CCC1. The van der Waals surface area contributed by atoms with E-state index in [-0.39, 0.29) is 11.8 Å². The first-order valence-electron chi connectivity index (χ1n) is 11.4. The summed E-state index contributed by atoms with van der Waals surface area (Å²) in [5, 5.41) is 6.21. The number of hydrogen-bond donors (Lipinski definition) is 3. The van der Waals surface area contributed by atoms with E-state index in [0.29, 0.717) is 17.3 Å². The van der Waals surface area contributed by atoms with Crippen LogP contribution < -0.4 is 21.3 Å². The van der Waals surface area contributed by atoms with Crippen LogP contribution in [0.3, 0.4) is 0 Å². The Kier molecular flexibility index (Phi) is 6.08. The topological polar surface area (TPSA) is 105 Å². The van der Waals surface area contributed by atoms with Gasteiger partial charge in [-0.3, -0.25) is 4.79 Å². The van der Waals surface area contributed by atoms with Gasteiger partial charge >= 0.3 is 0 Å². The predicted molar refractivity (Wildman–Crippen MR) is 131 cm³/mol. The van der Waals surface area contributed by atoms with Crippen molar-refractivity contribution in [3.05, 3.63) is 54.7 Å². The number of nitrogens with one attached hydrogen (secondary N) is 2. The Balaban J connectivity index is 1.27. The van der Waals surface area contributed by atoms with Crippen molar-refractivity contribution in [1.29, 1.82) is 0 Å². The summed E-state index contributed by atoms with van der Waals surface area (Å²) in [6.07, 6.45) is 4.75. The lowest BCUT2D eigenvalue weighted by Gasteiger charge is -2.28. The molecule has 1 saturated carbocycles. The number of aromatic nitrogens is 2. The number of anilines is 5. The highest BCUT2D eigenvalue weighted by atomic mass is 16.5. The zero-order valence-corrected chi connectivity index (χ0v) is 18.5. The Hall–Kier alpha value is -3.65. The Morgan fingerprint density at radius 1 is 1.06 bits per heavy atom. The normalized spacial score (nSPS) is 16.2. The first kappa shape index (κ1) is 21.2. The second-order valence-electron chi connectivity index (χ2n) is 8.46. The lowest BCUT2D eigenvalue weighted by Crippen LogP contribution is -2.36. The van der Waals surface area contributed by atoms with Crippen molar-refractivity contribution in [2.75, 3.05) is 47.6 Å². The van der Waals surface area contributed by atoms with Crippen molar-refractivity contribution in [1.82, 2.24) is 9.97 Å². The maximum Gasteiger partial charge on any atom is 0.227 e. The highest BCUT2D eigenvalue weighted by Gasteiger charge is 2.25. The van der Waals surface area contributed by atoms with Gasteiger partial charge in [-0.05, 0) is 55.3 Å². The lowest BCUT2D eigenvalue weighted by atomic mass is 9.85. The van der Waals surface area contributed by atoms with E-state index in [1.54, 1.807) is 6.20 Å². The molecule has 1 saturated heterocycles. The van der Waals surface area contributed by atoms with Crippen LogP contribution in [-0.2, 0) is 9.53 Å². The molecule has 4 N–H and O–H groups in total. The molecular formula is C25H28N6O2. The fourth-order valence-corrected chi connectivity index (χ4v) is 4.03. The minimum Gasteiger partial charge on any atom is -0.397 e. The van der Waals surface area contributed by atoms with Gasteiger partial charge in [-0.1, -0.05) is 12.5 Å². The third-order valence-corrected chi connectivity index (χ3v) is 6.24. The molecule has 2 aliphatic rings. The van der Waals surface area contributed by atoms with Gasteiger partial charge in [0.2, 0.25) is 11.9 Å². The van der Waals surface area contributed by atoms with E-state index in [2.05, 4.69) is 37.6 Å². The first-order chi connectivity index (χ1) is 16.2. The number of amides is 1. The second kappa shape index (κ2) is 9.46. The summed E-state index contributed by atoms with van der Waals surface area (Å²) in [7, 11) is 0. The van der Waals surface area contributed by atoms with E-state index in [0.717, 1.165) is 62.5 Å². The number of nitrogens with two attached hydrogens (primary N) is 1. The zero-order chi connectivity index (χ0) is 22.6. The average molecular weight is 445 g/mol. The molecule has 0 spiro atoms. The number of benzene rings is 2. The summed E-state index contributed by atoms with van der Waals surface area (Å²) in [5.41, 5.74) is 11.1. The summed E-state index contributed by atoms with van der Waals surface area (Å²) in [6, 6.07) is 15.7. The Labute approximate surface area is 193 Å². The van der Waals surface area contributed by atoms with Gasteiger partial charge in [0.25, 0.3) is 0 Å². The summed E-state index contributed by atoms with van der Waals surface area (Å²) in [6.45, 7) is 3.34. The van der Waals surface area contributed by atoms with Crippen molar-refractivity contribution in [2.45, 2.75) is 19.3 Å². The molecule has 2 aromatic carbocycles. The number of hydrogen-bond acceptors (Lipinski definition) is 7. The van der Waals surface area contributed by atoms with E-state index in [9.17, 15) is 4.79 Å². The summed E-state index contributed by atoms with van der Waals surface area (Å²) in [5.74, 6) is 0.670. The number of ether oxygens (including phenoxy) is 1. The highest BCUT2D eigenvalue weighted by Crippen LogP contribution is 2.31. The molecule has 0 unspecified atom stereocenters. The molecule has 2 fully saturated rings. The van der Waals surface area contributed by atoms with E-state index in [1.807, 2.05) is 36.4 Å². The van der Waals surface area contributed by atoms with Crippen LogP contribution in [0.4, 0.5) is 28.7 Å². The van der Waals surface area contributed by atoms with Gasteiger partial charge in [0, 0.05) is 42.1 Å². The fraction of sp³-hybridized carbons (Fsp3) is 0.320. The van der Waals surface area contributed by atoms with E-state index in [4.69, 9.17) is 10.5 Å². The molecule has 8 nitrogen and oxygen atoms in total. The summed E-state index contributed by atoms with van der Waals surface area (Å²) in [4.78, 5) is 23.5. The van der Waals surface area contributed by atoms with Crippen LogP contribution in [0.1, 0.15) is 19.3 Å².